The molecule has 0 radical (unpaired) electrons. The lowest BCUT2D eigenvalue weighted by atomic mass is 10.2. The van der Waals surface area contributed by atoms with Crippen LogP contribution in [0.4, 0.5) is 0 Å². The second-order valence-corrected chi connectivity index (χ2v) is 3.57. The zero-order chi connectivity index (χ0) is 13.4. The van der Waals surface area contributed by atoms with E-state index in [2.05, 4.69) is 5.32 Å². The molecule has 0 heterocycles. The van der Waals surface area contributed by atoms with Crippen LogP contribution in [-0.4, -0.2) is 70.3 Å². The van der Waals surface area contributed by atoms with Crippen LogP contribution in [0.5, 0.6) is 0 Å². The fraction of sp³-hybridized carbons (Fsp3) is 0.667. The maximum Gasteiger partial charge on any atom is 0.317 e. The Hall–Kier alpha value is -1.67. The van der Waals surface area contributed by atoms with Crippen molar-refractivity contribution in [1.29, 1.82) is 0 Å². The van der Waals surface area contributed by atoms with Gasteiger partial charge in [0.15, 0.2) is 0 Å². The third-order valence-electron chi connectivity index (χ3n) is 2.02. The summed E-state index contributed by atoms with van der Waals surface area (Å²) in [6.45, 7) is 0.774. The van der Waals surface area contributed by atoms with E-state index >= 15 is 0 Å². The van der Waals surface area contributed by atoms with Gasteiger partial charge in [0.1, 0.15) is 0 Å². The minimum atomic E-state index is -1.13. The second kappa shape index (κ2) is 7.58. The summed E-state index contributed by atoms with van der Waals surface area (Å²) in [6.07, 6.45) is 0. The summed E-state index contributed by atoms with van der Waals surface area (Å²) in [4.78, 5) is 32.5. The average Bonchev–Trinajstić information content (AvgIpc) is 2.14. The Labute approximate surface area is 97.8 Å². The number of carboxylic acid groups (broad SMARTS) is 3. The van der Waals surface area contributed by atoms with Crippen molar-refractivity contribution in [1.82, 2.24) is 10.2 Å². The predicted octanol–water partition coefficient (Wildman–Crippen LogP) is -1.48. The summed E-state index contributed by atoms with van der Waals surface area (Å²) >= 11 is 0. The molecule has 0 aromatic carbocycles. The molecule has 0 aliphatic heterocycles. The molecule has 0 amide bonds. The average molecular weight is 248 g/mol. The van der Waals surface area contributed by atoms with Crippen LogP contribution < -0.4 is 5.32 Å². The van der Waals surface area contributed by atoms with E-state index in [9.17, 15) is 14.4 Å². The minimum absolute atomic E-state index is 0.201. The Kier molecular flexibility index (Phi) is 6.83. The Morgan fingerprint density at radius 3 is 1.88 bits per heavy atom. The Balaban J connectivity index is 4.20. The van der Waals surface area contributed by atoms with Gasteiger partial charge >= 0.3 is 17.9 Å². The summed E-state index contributed by atoms with van der Waals surface area (Å²) in [5, 5.41) is 28.2. The van der Waals surface area contributed by atoms with Gasteiger partial charge in [-0.1, -0.05) is 0 Å². The number of nitrogens with one attached hydrogen (secondary N) is 1. The van der Waals surface area contributed by atoms with Gasteiger partial charge in [-0.15, -0.1) is 0 Å². The SMILES string of the molecule is C[C@@H](CNCC(=O)O)N(CC(=O)O)CC(=O)O. The van der Waals surface area contributed by atoms with Crippen LogP contribution in [-0.2, 0) is 14.4 Å². The molecule has 4 N–H and O–H groups in total. The van der Waals surface area contributed by atoms with E-state index in [0.29, 0.717) is 0 Å². The van der Waals surface area contributed by atoms with Gasteiger partial charge in [0.05, 0.1) is 19.6 Å². The lowest BCUT2D eigenvalue weighted by molar-refractivity contribution is -0.143. The third-order valence-corrected chi connectivity index (χ3v) is 2.02. The Bertz CT molecular complexity index is 277. The first-order valence-corrected chi connectivity index (χ1v) is 4.93. The van der Waals surface area contributed by atoms with Gasteiger partial charge < -0.3 is 20.6 Å². The summed E-state index contributed by atoms with van der Waals surface area (Å²) in [7, 11) is 0. The van der Waals surface area contributed by atoms with Crippen LogP contribution in [0.25, 0.3) is 0 Å². The summed E-state index contributed by atoms with van der Waals surface area (Å²) in [5.74, 6) is -3.28. The van der Waals surface area contributed by atoms with E-state index in [-0.39, 0.29) is 19.1 Å². The summed E-state index contributed by atoms with van der Waals surface area (Å²) in [6, 6.07) is -0.387. The molecule has 0 rings (SSSR count). The van der Waals surface area contributed by atoms with Gasteiger partial charge in [0.2, 0.25) is 0 Å². The van der Waals surface area contributed by atoms with E-state index in [1.54, 1.807) is 6.92 Å². The first kappa shape index (κ1) is 15.3. The van der Waals surface area contributed by atoms with Crippen molar-refractivity contribution >= 4 is 17.9 Å². The first-order valence-electron chi connectivity index (χ1n) is 4.93. The Morgan fingerprint density at radius 1 is 1.06 bits per heavy atom. The molecule has 0 unspecified atom stereocenters. The number of rotatable bonds is 9. The topological polar surface area (TPSA) is 127 Å². The predicted molar refractivity (Wildman–Crippen MR) is 56.8 cm³/mol. The highest BCUT2D eigenvalue weighted by Gasteiger charge is 2.19. The van der Waals surface area contributed by atoms with Crippen LogP contribution in [0.2, 0.25) is 0 Å². The van der Waals surface area contributed by atoms with Crippen molar-refractivity contribution in [2.45, 2.75) is 13.0 Å². The second-order valence-electron chi connectivity index (χ2n) is 3.57. The van der Waals surface area contributed by atoms with Crippen LogP contribution in [0, 0.1) is 0 Å². The standard InChI is InChI=1S/C9H16N2O6/c1-6(2-10-3-7(12)13)11(4-8(14)15)5-9(16)17/h6,10H,2-5H2,1H3,(H,12,13)(H,14,15)(H,16,17)/t6-/m0/s1. The van der Waals surface area contributed by atoms with Crippen LogP contribution in [0.1, 0.15) is 6.92 Å². The van der Waals surface area contributed by atoms with Crippen LogP contribution in [0.3, 0.4) is 0 Å². The number of hydrogen-bond acceptors (Lipinski definition) is 5. The lowest BCUT2D eigenvalue weighted by Gasteiger charge is -2.25. The number of hydrogen-bond donors (Lipinski definition) is 4. The highest BCUT2D eigenvalue weighted by atomic mass is 16.4. The van der Waals surface area contributed by atoms with Crippen molar-refractivity contribution in [2.75, 3.05) is 26.2 Å². The molecule has 0 fully saturated rings. The normalized spacial score (nSPS) is 12.4. The Morgan fingerprint density at radius 2 is 1.53 bits per heavy atom. The lowest BCUT2D eigenvalue weighted by Crippen LogP contribution is -2.46. The summed E-state index contributed by atoms with van der Waals surface area (Å²) < 4.78 is 0. The molecule has 1 atom stereocenters. The molecule has 0 aromatic rings. The first-order chi connectivity index (χ1) is 7.82. The molecule has 8 heteroatoms. The molecule has 17 heavy (non-hydrogen) atoms. The molecular formula is C9H16N2O6. The highest BCUT2D eigenvalue weighted by molar-refractivity contribution is 5.72. The third kappa shape index (κ3) is 8.17. The maximum atomic E-state index is 10.5. The maximum absolute atomic E-state index is 10.5. The number of carbonyl (C=O) groups is 3. The van der Waals surface area contributed by atoms with Gasteiger partial charge in [-0.2, -0.15) is 0 Å². The molecule has 0 saturated carbocycles. The van der Waals surface area contributed by atoms with Gasteiger partial charge in [-0.05, 0) is 6.92 Å². The molecule has 8 nitrogen and oxygen atoms in total. The van der Waals surface area contributed by atoms with Gasteiger partial charge in [0.25, 0.3) is 0 Å². The fourth-order valence-corrected chi connectivity index (χ4v) is 1.23. The van der Waals surface area contributed by atoms with Crippen LogP contribution in [0.15, 0.2) is 0 Å². The van der Waals surface area contributed by atoms with E-state index in [1.165, 1.54) is 4.90 Å². The smallest absolute Gasteiger partial charge is 0.317 e. The van der Waals surface area contributed by atoms with Crippen LogP contribution >= 0.6 is 0 Å². The molecule has 0 spiro atoms. The van der Waals surface area contributed by atoms with Gasteiger partial charge in [0, 0.05) is 12.6 Å². The molecule has 0 bridgehead atoms. The van der Waals surface area contributed by atoms with Crippen molar-refractivity contribution in [3.8, 4) is 0 Å². The fourth-order valence-electron chi connectivity index (χ4n) is 1.23. The van der Waals surface area contributed by atoms with E-state index in [4.69, 9.17) is 15.3 Å². The summed E-state index contributed by atoms with van der Waals surface area (Å²) in [5.41, 5.74) is 0. The van der Waals surface area contributed by atoms with Crippen molar-refractivity contribution in [3.63, 3.8) is 0 Å². The minimum Gasteiger partial charge on any atom is -0.480 e. The molecule has 0 saturated heterocycles. The van der Waals surface area contributed by atoms with E-state index in [0.717, 1.165) is 0 Å². The molecule has 0 aromatic heterocycles. The van der Waals surface area contributed by atoms with Gasteiger partial charge in [-0.25, -0.2) is 0 Å². The number of nitrogens with zero attached hydrogens (tertiary/aromatic N) is 1. The number of aliphatic carboxylic acids is 3. The van der Waals surface area contributed by atoms with Crippen molar-refractivity contribution in [2.24, 2.45) is 0 Å². The highest BCUT2D eigenvalue weighted by Crippen LogP contribution is 1.97. The zero-order valence-corrected chi connectivity index (χ0v) is 9.42. The molecule has 0 aliphatic rings. The zero-order valence-electron chi connectivity index (χ0n) is 9.42. The monoisotopic (exact) mass is 248 g/mol. The molecular weight excluding hydrogens is 232 g/mol. The van der Waals surface area contributed by atoms with Crippen molar-refractivity contribution in [3.05, 3.63) is 0 Å². The molecule has 0 aliphatic carbocycles. The molecule has 98 valence electrons. The number of carboxylic acids is 3. The van der Waals surface area contributed by atoms with Gasteiger partial charge in [-0.3, -0.25) is 19.3 Å². The van der Waals surface area contributed by atoms with E-state index in [1.807, 2.05) is 0 Å². The van der Waals surface area contributed by atoms with E-state index < -0.39 is 31.0 Å². The largest absolute Gasteiger partial charge is 0.480 e. The van der Waals surface area contributed by atoms with Crippen molar-refractivity contribution < 1.29 is 29.7 Å². The quantitative estimate of drug-likeness (QED) is 0.389.